The minimum atomic E-state index is -0.348. The Balaban J connectivity index is 1.29. The molecule has 0 bridgehead atoms. The summed E-state index contributed by atoms with van der Waals surface area (Å²) in [5.74, 6) is 0.624. The van der Waals surface area contributed by atoms with Crippen molar-refractivity contribution in [2.24, 2.45) is 11.8 Å². The summed E-state index contributed by atoms with van der Waals surface area (Å²) < 4.78 is 0. The number of nitrogens with zero attached hydrogens (tertiary/aromatic N) is 4. The zero-order chi connectivity index (χ0) is 21.8. The Labute approximate surface area is 186 Å². The number of hydrogen-bond donors (Lipinski definition) is 1. The van der Waals surface area contributed by atoms with E-state index in [1.54, 1.807) is 12.1 Å². The number of anilines is 2. The van der Waals surface area contributed by atoms with Crippen LogP contribution in [-0.4, -0.2) is 46.9 Å². The topological polar surface area (TPSA) is 91.6 Å². The van der Waals surface area contributed by atoms with Crippen molar-refractivity contribution >= 4 is 33.8 Å². The highest BCUT2D eigenvalue weighted by Gasteiger charge is 2.28. The summed E-state index contributed by atoms with van der Waals surface area (Å²) in [6.45, 7) is 6.60. The molecule has 31 heavy (non-hydrogen) atoms. The Hall–Kier alpha value is -2.52. The van der Waals surface area contributed by atoms with E-state index in [0.717, 1.165) is 31.2 Å². The molecular weight excluding hydrogens is 414 g/mol. The van der Waals surface area contributed by atoms with Gasteiger partial charge in [-0.2, -0.15) is 0 Å². The van der Waals surface area contributed by atoms with E-state index < -0.39 is 0 Å². The van der Waals surface area contributed by atoms with Gasteiger partial charge in [-0.1, -0.05) is 19.1 Å². The molecule has 2 aliphatic rings. The smallest absolute Gasteiger partial charge is 0.292 e. The number of amides is 1. The average molecular weight is 444 g/mol. The lowest BCUT2D eigenvalue weighted by Gasteiger charge is -2.32. The van der Waals surface area contributed by atoms with Crippen LogP contribution in [0.1, 0.15) is 38.3 Å². The number of likely N-dealkylation sites (tertiary alicyclic amines) is 1. The Morgan fingerprint density at radius 3 is 2.77 bits per heavy atom. The van der Waals surface area contributed by atoms with Gasteiger partial charge in [0.2, 0.25) is 5.91 Å². The minimum absolute atomic E-state index is 0.00490. The summed E-state index contributed by atoms with van der Waals surface area (Å²) in [4.78, 5) is 32.7. The molecule has 0 radical (unpaired) electrons. The van der Waals surface area contributed by atoms with Gasteiger partial charge < -0.3 is 10.2 Å². The monoisotopic (exact) mass is 443 g/mol. The van der Waals surface area contributed by atoms with Gasteiger partial charge in [-0.05, 0) is 44.2 Å². The van der Waals surface area contributed by atoms with Crippen LogP contribution in [-0.2, 0) is 11.3 Å². The van der Waals surface area contributed by atoms with Gasteiger partial charge in [-0.15, -0.1) is 11.3 Å². The Kier molecular flexibility index (Phi) is 6.82. The van der Waals surface area contributed by atoms with Crippen LogP contribution in [0.4, 0.5) is 16.5 Å². The summed E-state index contributed by atoms with van der Waals surface area (Å²) in [5.41, 5.74) is 1.76. The fraction of sp³-hybridized carbons (Fsp3) is 0.545. The average Bonchev–Trinajstić information content (AvgIpc) is 3.20. The van der Waals surface area contributed by atoms with Gasteiger partial charge >= 0.3 is 0 Å². The highest BCUT2D eigenvalue weighted by Crippen LogP contribution is 2.31. The van der Waals surface area contributed by atoms with Crippen molar-refractivity contribution in [3.8, 4) is 0 Å². The molecule has 0 aliphatic carbocycles. The first-order valence-electron chi connectivity index (χ1n) is 11.0. The van der Waals surface area contributed by atoms with Gasteiger partial charge in [0.05, 0.1) is 10.6 Å². The third kappa shape index (κ3) is 5.40. The van der Waals surface area contributed by atoms with Crippen molar-refractivity contribution in [2.45, 2.75) is 39.2 Å². The van der Waals surface area contributed by atoms with Crippen LogP contribution in [0.5, 0.6) is 0 Å². The van der Waals surface area contributed by atoms with Crippen molar-refractivity contribution in [1.82, 2.24) is 9.88 Å². The van der Waals surface area contributed by atoms with Crippen molar-refractivity contribution in [2.75, 3.05) is 36.4 Å². The number of nitrogens with one attached hydrogen (secondary N) is 1. The Morgan fingerprint density at radius 2 is 2.03 bits per heavy atom. The zero-order valence-corrected chi connectivity index (χ0v) is 18.6. The number of carbonyl (C=O) groups is 1. The Morgan fingerprint density at radius 1 is 1.26 bits per heavy atom. The summed E-state index contributed by atoms with van der Waals surface area (Å²) in [5, 5.41) is 17.0. The van der Waals surface area contributed by atoms with Crippen molar-refractivity contribution in [3.63, 3.8) is 0 Å². The van der Waals surface area contributed by atoms with E-state index in [0.29, 0.717) is 36.8 Å². The molecule has 4 rings (SSSR count). The van der Waals surface area contributed by atoms with E-state index in [1.807, 2.05) is 16.3 Å². The number of nitro benzene ring substituents is 1. The van der Waals surface area contributed by atoms with Crippen LogP contribution in [0.2, 0.25) is 0 Å². The number of carbonyl (C=O) groups excluding carboxylic acids is 1. The van der Waals surface area contributed by atoms with Gasteiger partial charge in [-0.3, -0.25) is 19.8 Å². The van der Waals surface area contributed by atoms with Crippen molar-refractivity contribution in [3.05, 3.63) is 45.5 Å². The Bertz CT molecular complexity index is 925. The first kappa shape index (κ1) is 21.7. The third-order valence-electron chi connectivity index (χ3n) is 6.19. The number of aromatic nitrogens is 1. The van der Waals surface area contributed by atoms with Gasteiger partial charge in [0.15, 0.2) is 5.13 Å². The molecule has 1 atom stereocenters. The second-order valence-corrected chi connectivity index (χ2v) is 9.48. The third-order valence-corrected chi connectivity index (χ3v) is 7.00. The van der Waals surface area contributed by atoms with E-state index in [1.165, 1.54) is 30.2 Å². The standard InChI is InChI=1S/C22H29N5O3S/c1-16-5-4-10-25(13-16)14-18-15-31-22(23-18)24-21(28)17-8-11-26(12-9-17)19-6-2-3-7-20(19)27(29)30/h2-3,6-7,15-17H,4-5,8-14H2,1H3,(H,23,24,28). The molecule has 1 N–H and O–H groups in total. The van der Waals surface area contributed by atoms with E-state index in [-0.39, 0.29) is 22.4 Å². The number of para-hydroxylation sites is 2. The maximum absolute atomic E-state index is 12.7. The fourth-order valence-electron chi connectivity index (χ4n) is 4.57. The first-order chi connectivity index (χ1) is 15.0. The number of nitro groups is 1. The van der Waals surface area contributed by atoms with Crippen molar-refractivity contribution in [1.29, 1.82) is 0 Å². The fourth-order valence-corrected chi connectivity index (χ4v) is 5.28. The number of hydrogen-bond acceptors (Lipinski definition) is 7. The predicted molar refractivity (Wildman–Crippen MR) is 122 cm³/mol. The van der Waals surface area contributed by atoms with Gasteiger partial charge in [0.25, 0.3) is 5.69 Å². The number of rotatable bonds is 6. The molecular formula is C22H29N5O3S. The first-order valence-corrected chi connectivity index (χ1v) is 11.8. The van der Waals surface area contributed by atoms with Crippen molar-refractivity contribution < 1.29 is 9.72 Å². The normalized spacial score (nSPS) is 20.5. The van der Waals surface area contributed by atoms with Crippen LogP contribution >= 0.6 is 11.3 Å². The van der Waals surface area contributed by atoms with Crippen LogP contribution in [0, 0.1) is 22.0 Å². The number of piperidine rings is 2. The van der Waals surface area contributed by atoms with E-state index in [9.17, 15) is 14.9 Å². The lowest BCUT2D eigenvalue weighted by molar-refractivity contribution is -0.384. The van der Waals surface area contributed by atoms with Gasteiger partial charge in [0.1, 0.15) is 5.69 Å². The summed E-state index contributed by atoms with van der Waals surface area (Å²) in [7, 11) is 0. The summed E-state index contributed by atoms with van der Waals surface area (Å²) in [6, 6.07) is 6.79. The lowest BCUT2D eigenvalue weighted by Crippen LogP contribution is -2.38. The molecule has 1 aromatic carbocycles. The maximum Gasteiger partial charge on any atom is 0.292 e. The molecule has 2 saturated heterocycles. The molecule has 8 nitrogen and oxygen atoms in total. The molecule has 0 spiro atoms. The van der Waals surface area contributed by atoms with Crippen LogP contribution < -0.4 is 10.2 Å². The predicted octanol–water partition coefficient (Wildman–Crippen LogP) is 4.14. The zero-order valence-electron chi connectivity index (χ0n) is 17.8. The largest absolute Gasteiger partial charge is 0.366 e. The van der Waals surface area contributed by atoms with Crippen LogP contribution in [0.15, 0.2) is 29.6 Å². The van der Waals surface area contributed by atoms with E-state index in [4.69, 9.17) is 0 Å². The van der Waals surface area contributed by atoms with Crippen LogP contribution in [0.3, 0.4) is 0 Å². The SMILES string of the molecule is CC1CCCN(Cc2csc(NC(=O)C3CCN(c4ccccc4[N+](=O)[O-])CC3)n2)C1. The second-order valence-electron chi connectivity index (χ2n) is 8.62. The molecule has 2 aliphatic heterocycles. The van der Waals surface area contributed by atoms with Crippen LogP contribution in [0.25, 0.3) is 0 Å². The lowest BCUT2D eigenvalue weighted by atomic mass is 9.95. The highest BCUT2D eigenvalue weighted by molar-refractivity contribution is 7.13. The number of thiazole rings is 1. The molecule has 1 aromatic heterocycles. The van der Waals surface area contributed by atoms with Gasteiger partial charge in [-0.25, -0.2) is 4.98 Å². The maximum atomic E-state index is 12.7. The minimum Gasteiger partial charge on any atom is -0.366 e. The summed E-state index contributed by atoms with van der Waals surface area (Å²) >= 11 is 1.48. The molecule has 2 aromatic rings. The number of benzene rings is 1. The van der Waals surface area contributed by atoms with E-state index in [2.05, 4.69) is 22.1 Å². The molecule has 1 amide bonds. The molecule has 0 saturated carbocycles. The van der Waals surface area contributed by atoms with Gasteiger partial charge in [0, 0.05) is 43.5 Å². The second kappa shape index (κ2) is 9.74. The quantitative estimate of drug-likeness (QED) is 0.533. The summed E-state index contributed by atoms with van der Waals surface area (Å²) in [6.07, 6.45) is 3.87. The highest BCUT2D eigenvalue weighted by atomic mass is 32.1. The molecule has 1 unspecified atom stereocenters. The molecule has 2 fully saturated rings. The molecule has 3 heterocycles. The molecule has 166 valence electrons. The van der Waals surface area contributed by atoms with E-state index >= 15 is 0 Å². The molecule has 9 heteroatoms.